The number of hydrogen-bond donors (Lipinski definition) is 1. The quantitative estimate of drug-likeness (QED) is 0.818. The first-order valence-electron chi connectivity index (χ1n) is 8.90. The number of rotatable bonds is 2. The Balaban J connectivity index is 0.00000132. The van der Waals surface area contributed by atoms with E-state index < -0.39 is 0 Å². The van der Waals surface area contributed by atoms with Crippen LogP contribution in [0.1, 0.15) is 58.3 Å². The molecule has 2 saturated heterocycles. The van der Waals surface area contributed by atoms with Crippen molar-refractivity contribution in [1.82, 2.24) is 9.80 Å². The monoisotopic (exact) mass is 365 g/mol. The molecule has 0 spiro atoms. The van der Waals surface area contributed by atoms with E-state index in [0.29, 0.717) is 11.9 Å². The van der Waals surface area contributed by atoms with Gasteiger partial charge in [0.2, 0.25) is 5.91 Å². The molecule has 3 rings (SSSR count). The molecule has 2 heterocycles. The summed E-state index contributed by atoms with van der Waals surface area (Å²) in [5, 5.41) is 0. The minimum Gasteiger partial charge on any atom is -0.342 e. The van der Waals surface area contributed by atoms with Gasteiger partial charge in [0.15, 0.2) is 0 Å². The number of carbonyl (C=O) groups is 1. The van der Waals surface area contributed by atoms with E-state index in [-0.39, 0.29) is 36.3 Å². The number of nitrogens with zero attached hydrogens (tertiary/aromatic N) is 2. The van der Waals surface area contributed by atoms with Crippen molar-refractivity contribution >= 4 is 30.7 Å². The van der Waals surface area contributed by atoms with Crippen molar-refractivity contribution in [3.8, 4) is 0 Å². The predicted molar refractivity (Wildman–Crippen MR) is 99.5 cm³/mol. The van der Waals surface area contributed by atoms with Gasteiger partial charge in [0.25, 0.3) is 0 Å². The minimum absolute atomic E-state index is 0. The third-order valence-corrected chi connectivity index (χ3v) is 5.99. The van der Waals surface area contributed by atoms with E-state index in [2.05, 4.69) is 16.7 Å². The van der Waals surface area contributed by atoms with E-state index in [9.17, 15) is 4.79 Å². The summed E-state index contributed by atoms with van der Waals surface area (Å²) >= 11 is 0. The van der Waals surface area contributed by atoms with Gasteiger partial charge in [0.1, 0.15) is 0 Å². The minimum atomic E-state index is -0.291. The smallest absolute Gasteiger partial charge is 0.227 e. The van der Waals surface area contributed by atoms with Gasteiger partial charge in [-0.25, -0.2) is 0 Å². The number of amides is 1. The third kappa shape index (κ3) is 4.75. The first-order chi connectivity index (χ1) is 10.1. The molecule has 4 nitrogen and oxygen atoms in total. The molecule has 3 aliphatic rings. The second-order valence-corrected chi connectivity index (χ2v) is 7.60. The van der Waals surface area contributed by atoms with Gasteiger partial charge in [-0.05, 0) is 58.5 Å². The number of carbonyl (C=O) groups excluding carboxylic acids is 1. The highest BCUT2D eigenvalue weighted by Gasteiger charge is 2.40. The van der Waals surface area contributed by atoms with Crippen molar-refractivity contribution in [2.75, 3.05) is 26.2 Å². The fourth-order valence-electron chi connectivity index (χ4n) is 4.54. The van der Waals surface area contributed by atoms with Crippen LogP contribution in [0.15, 0.2) is 0 Å². The van der Waals surface area contributed by atoms with Gasteiger partial charge < -0.3 is 15.5 Å². The molecular weight excluding hydrogens is 333 g/mol. The summed E-state index contributed by atoms with van der Waals surface area (Å²) in [5.74, 6) is 0.383. The van der Waals surface area contributed by atoms with Crippen molar-refractivity contribution in [1.29, 1.82) is 0 Å². The van der Waals surface area contributed by atoms with E-state index in [4.69, 9.17) is 5.73 Å². The van der Waals surface area contributed by atoms with Crippen LogP contribution in [0, 0.1) is 5.92 Å². The average Bonchev–Trinajstić information content (AvgIpc) is 3.00. The number of hydrogen-bond acceptors (Lipinski definition) is 3. The number of piperidine rings is 1. The Bertz CT molecular complexity index is 378. The van der Waals surface area contributed by atoms with Gasteiger partial charge in [-0.15, -0.1) is 24.8 Å². The van der Waals surface area contributed by atoms with Crippen LogP contribution >= 0.6 is 24.8 Å². The zero-order valence-electron chi connectivity index (χ0n) is 14.3. The largest absolute Gasteiger partial charge is 0.342 e. The molecule has 2 unspecified atom stereocenters. The molecular formula is C17H33Cl2N3O. The van der Waals surface area contributed by atoms with Crippen molar-refractivity contribution < 1.29 is 4.79 Å². The predicted octanol–water partition coefficient (Wildman–Crippen LogP) is 2.82. The molecule has 0 aromatic heterocycles. The summed E-state index contributed by atoms with van der Waals surface area (Å²) in [4.78, 5) is 17.6. The lowest BCUT2D eigenvalue weighted by Gasteiger charge is -2.43. The highest BCUT2D eigenvalue weighted by atomic mass is 35.5. The summed E-state index contributed by atoms with van der Waals surface area (Å²) in [6, 6.07) is 0.715. The Labute approximate surface area is 153 Å². The van der Waals surface area contributed by atoms with Crippen LogP contribution in [0.4, 0.5) is 0 Å². The van der Waals surface area contributed by atoms with Gasteiger partial charge >= 0.3 is 0 Å². The van der Waals surface area contributed by atoms with Crippen LogP contribution in [0.5, 0.6) is 0 Å². The highest BCUT2D eigenvalue weighted by molar-refractivity contribution is 5.85. The van der Waals surface area contributed by atoms with E-state index >= 15 is 0 Å². The lowest BCUT2D eigenvalue weighted by atomic mass is 9.74. The Morgan fingerprint density at radius 3 is 2.13 bits per heavy atom. The molecule has 2 aliphatic heterocycles. The van der Waals surface area contributed by atoms with E-state index in [1.807, 2.05) is 0 Å². The normalized spacial score (nSPS) is 33.0. The molecule has 6 heteroatoms. The Kier molecular flexibility index (Phi) is 8.12. The number of nitrogens with two attached hydrogens (primary N) is 1. The summed E-state index contributed by atoms with van der Waals surface area (Å²) in [5.41, 5.74) is 6.11. The highest BCUT2D eigenvalue weighted by Crippen LogP contribution is 2.34. The number of halogens is 2. The molecule has 0 radical (unpaired) electrons. The summed E-state index contributed by atoms with van der Waals surface area (Å²) in [7, 11) is 0. The maximum atomic E-state index is 12.8. The molecule has 2 atom stereocenters. The van der Waals surface area contributed by atoms with E-state index in [1.165, 1.54) is 32.4 Å². The molecule has 23 heavy (non-hydrogen) atoms. The maximum absolute atomic E-state index is 12.8. The average molecular weight is 366 g/mol. The van der Waals surface area contributed by atoms with Crippen molar-refractivity contribution in [3.63, 3.8) is 0 Å². The summed E-state index contributed by atoms with van der Waals surface area (Å²) in [6.07, 6.45) is 9.33. The second-order valence-electron chi connectivity index (χ2n) is 7.60. The van der Waals surface area contributed by atoms with Crippen LogP contribution in [-0.2, 0) is 4.79 Å². The van der Waals surface area contributed by atoms with Gasteiger partial charge in [0, 0.05) is 24.7 Å². The fraction of sp³-hybridized carbons (Fsp3) is 0.941. The Morgan fingerprint density at radius 2 is 1.57 bits per heavy atom. The molecule has 0 aromatic carbocycles. The van der Waals surface area contributed by atoms with Crippen molar-refractivity contribution in [2.45, 2.75) is 69.9 Å². The van der Waals surface area contributed by atoms with Crippen LogP contribution < -0.4 is 5.73 Å². The van der Waals surface area contributed by atoms with E-state index in [1.54, 1.807) is 0 Å². The molecule has 1 aliphatic carbocycles. The Hall–Kier alpha value is -0.0300. The lowest BCUT2D eigenvalue weighted by molar-refractivity contribution is -0.140. The summed E-state index contributed by atoms with van der Waals surface area (Å²) < 4.78 is 0. The topological polar surface area (TPSA) is 49.6 Å². The van der Waals surface area contributed by atoms with Crippen LogP contribution in [-0.4, -0.2) is 53.5 Å². The van der Waals surface area contributed by atoms with E-state index in [0.717, 1.165) is 45.2 Å². The summed E-state index contributed by atoms with van der Waals surface area (Å²) in [6.45, 7) is 6.48. The van der Waals surface area contributed by atoms with Crippen LogP contribution in [0.25, 0.3) is 0 Å². The fourth-order valence-corrected chi connectivity index (χ4v) is 4.54. The zero-order valence-corrected chi connectivity index (χ0v) is 16.0. The molecule has 0 aromatic rings. The van der Waals surface area contributed by atoms with Crippen LogP contribution in [0.3, 0.4) is 0 Å². The first kappa shape index (κ1) is 21.0. The first-order valence-corrected chi connectivity index (χ1v) is 8.90. The molecule has 3 fully saturated rings. The molecule has 136 valence electrons. The van der Waals surface area contributed by atoms with Gasteiger partial charge in [0.05, 0.1) is 5.92 Å². The van der Waals surface area contributed by atoms with Gasteiger partial charge in [-0.3, -0.25) is 4.79 Å². The molecule has 0 bridgehead atoms. The second kappa shape index (κ2) is 8.89. The standard InChI is InChI=1S/C17H31N3O.2ClH/c1-17(18)9-3-2-6-15(17)16(21)20-12-7-14(8-13-20)19-10-4-5-11-19;;/h14-15H,2-13,18H2,1H3;2*1H. The van der Waals surface area contributed by atoms with Gasteiger partial charge in [-0.2, -0.15) is 0 Å². The molecule has 2 N–H and O–H groups in total. The van der Waals surface area contributed by atoms with Crippen LogP contribution in [0.2, 0.25) is 0 Å². The maximum Gasteiger partial charge on any atom is 0.227 e. The Morgan fingerprint density at radius 1 is 0.957 bits per heavy atom. The molecule has 1 amide bonds. The molecule has 1 saturated carbocycles. The number of likely N-dealkylation sites (tertiary alicyclic amines) is 2. The van der Waals surface area contributed by atoms with Gasteiger partial charge in [-0.1, -0.05) is 12.8 Å². The van der Waals surface area contributed by atoms with Crippen molar-refractivity contribution in [3.05, 3.63) is 0 Å². The third-order valence-electron chi connectivity index (χ3n) is 5.99. The SMILES string of the molecule is CC1(N)CCCCC1C(=O)N1CCC(N2CCCC2)CC1.Cl.Cl. The van der Waals surface area contributed by atoms with Crippen molar-refractivity contribution in [2.24, 2.45) is 11.7 Å². The zero-order chi connectivity index (χ0) is 14.9. The lowest BCUT2D eigenvalue weighted by Crippen LogP contribution is -2.55.